The lowest BCUT2D eigenvalue weighted by Gasteiger charge is -2.03. The van der Waals surface area contributed by atoms with Crippen molar-refractivity contribution >= 4 is 5.78 Å². The molecule has 0 unspecified atom stereocenters. The summed E-state index contributed by atoms with van der Waals surface area (Å²) in [6.07, 6.45) is 4.31. The molecule has 84 valence electrons. The minimum Gasteiger partial charge on any atom is -0.381 e. The number of unbranched alkanes of at least 4 members (excludes halogenated alkanes) is 2. The van der Waals surface area contributed by atoms with Crippen LogP contribution in [0.25, 0.3) is 0 Å². The zero-order valence-corrected chi connectivity index (χ0v) is 9.38. The molecular formula is C11H22O3. The molecule has 0 aliphatic carbocycles. The van der Waals surface area contributed by atoms with Gasteiger partial charge in [0.15, 0.2) is 5.78 Å². The van der Waals surface area contributed by atoms with Gasteiger partial charge in [-0.15, -0.1) is 0 Å². The fourth-order valence-corrected chi connectivity index (χ4v) is 0.973. The standard InChI is InChI=1S/C11H22O3/c1-3-4-7-13-8-5-6-9-14-10-11(2)12/h3-10H2,1-2H3. The lowest BCUT2D eigenvalue weighted by Crippen LogP contribution is -2.06. The predicted molar refractivity (Wildman–Crippen MR) is 56.5 cm³/mol. The third-order valence-electron chi connectivity index (χ3n) is 1.77. The zero-order chi connectivity index (χ0) is 10.6. The van der Waals surface area contributed by atoms with Gasteiger partial charge in [0.1, 0.15) is 6.61 Å². The normalized spacial score (nSPS) is 10.4. The van der Waals surface area contributed by atoms with E-state index >= 15 is 0 Å². The average molecular weight is 202 g/mol. The summed E-state index contributed by atoms with van der Waals surface area (Å²) < 4.78 is 10.5. The van der Waals surface area contributed by atoms with Crippen LogP contribution in [0.1, 0.15) is 39.5 Å². The van der Waals surface area contributed by atoms with Crippen molar-refractivity contribution < 1.29 is 14.3 Å². The van der Waals surface area contributed by atoms with Crippen molar-refractivity contribution in [3.05, 3.63) is 0 Å². The van der Waals surface area contributed by atoms with Crippen LogP contribution in [0.2, 0.25) is 0 Å². The van der Waals surface area contributed by atoms with Gasteiger partial charge in [-0.3, -0.25) is 4.79 Å². The van der Waals surface area contributed by atoms with Crippen LogP contribution < -0.4 is 0 Å². The second-order valence-corrected chi connectivity index (χ2v) is 3.43. The maximum Gasteiger partial charge on any atom is 0.155 e. The van der Waals surface area contributed by atoms with Gasteiger partial charge in [0.05, 0.1) is 0 Å². The fraction of sp³-hybridized carbons (Fsp3) is 0.909. The molecule has 0 bridgehead atoms. The van der Waals surface area contributed by atoms with E-state index in [1.165, 1.54) is 13.3 Å². The van der Waals surface area contributed by atoms with Gasteiger partial charge in [0.2, 0.25) is 0 Å². The summed E-state index contributed by atoms with van der Waals surface area (Å²) in [5.74, 6) is 0.0872. The molecule has 3 heteroatoms. The molecule has 0 N–H and O–H groups in total. The molecule has 0 saturated carbocycles. The minimum absolute atomic E-state index is 0.0872. The van der Waals surface area contributed by atoms with Crippen molar-refractivity contribution in [2.75, 3.05) is 26.4 Å². The predicted octanol–water partition coefficient (Wildman–Crippen LogP) is 2.19. The lowest BCUT2D eigenvalue weighted by atomic mass is 10.3. The first-order valence-electron chi connectivity index (χ1n) is 5.42. The van der Waals surface area contributed by atoms with Crippen LogP contribution in [0.4, 0.5) is 0 Å². The third kappa shape index (κ3) is 11.6. The summed E-state index contributed by atoms with van der Waals surface area (Å²) in [4.78, 5) is 10.5. The van der Waals surface area contributed by atoms with Crippen LogP contribution in [0.15, 0.2) is 0 Å². The van der Waals surface area contributed by atoms with E-state index in [9.17, 15) is 4.79 Å². The summed E-state index contributed by atoms with van der Waals surface area (Å²) in [6, 6.07) is 0. The van der Waals surface area contributed by atoms with Gasteiger partial charge in [0.25, 0.3) is 0 Å². The van der Waals surface area contributed by atoms with Crippen LogP contribution in [-0.4, -0.2) is 32.2 Å². The molecule has 0 aliphatic rings. The van der Waals surface area contributed by atoms with Gasteiger partial charge in [-0.25, -0.2) is 0 Å². The van der Waals surface area contributed by atoms with E-state index in [1.807, 2.05) is 0 Å². The Morgan fingerprint density at radius 2 is 1.57 bits per heavy atom. The first-order valence-corrected chi connectivity index (χ1v) is 5.42. The number of ketones is 1. The van der Waals surface area contributed by atoms with Crippen molar-refractivity contribution in [1.82, 2.24) is 0 Å². The Labute approximate surface area is 86.8 Å². The lowest BCUT2D eigenvalue weighted by molar-refractivity contribution is -0.121. The van der Waals surface area contributed by atoms with Crippen LogP contribution in [0, 0.1) is 0 Å². The fourth-order valence-electron chi connectivity index (χ4n) is 0.973. The van der Waals surface area contributed by atoms with Crippen molar-refractivity contribution in [2.24, 2.45) is 0 Å². The minimum atomic E-state index is 0.0872. The molecular weight excluding hydrogens is 180 g/mol. The molecule has 0 aliphatic heterocycles. The van der Waals surface area contributed by atoms with E-state index in [-0.39, 0.29) is 12.4 Å². The molecule has 0 aromatic rings. The highest BCUT2D eigenvalue weighted by Crippen LogP contribution is 1.94. The molecule has 0 heterocycles. The molecule has 0 fully saturated rings. The third-order valence-corrected chi connectivity index (χ3v) is 1.77. The van der Waals surface area contributed by atoms with Crippen LogP contribution in [0.3, 0.4) is 0 Å². The molecule has 3 nitrogen and oxygen atoms in total. The van der Waals surface area contributed by atoms with Gasteiger partial charge in [-0.1, -0.05) is 13.3 Å². The van der Waals surface area contributed by atoms with E-state index < -0.39 is 0 Å². The van der Waals surface area contributed by atoms with Crippen LogP contribution in [0.5, 0.6) is 0 Å². The van der Waals surface area contributed by atoms with Crippen molar-refractivity contribution in [1.29, 1.82) is 0 Å². The molecule has 0 saturated heterocycles. The van der Waals surface area contributed by atoms with Crippen molar-refractivity contribution in [3.63, 3.8) is 0 Å². The van der Waals surface area contributed by atoms with Gasteiger partial charge < -0.3 is 9.47 Å². The molecule has 0 aromatic carbocycles. The highest BCUT2D eigenvalue weighted by Gasteiger charge is 1.93. The Morgan fingerprint density at radius 1 is 1.00 bits per heavy atom. The highest BCUT2D eigenvalue weighted by atomic mass is 16.5. The number of rotatable bonds is 10. The Balaban J connectivity index is 2.88. The molecule has 0 amide bonds. The van der Waals surface area contributed by atoms with Crippen molar-refractivity contribution in [2.45, 2.75) is 39.5 Å². The topological polar surface area (TPSA) is 35.5 Å². The monoisotopic (exact) mass is 202 g/mol. The quantitative estimate of drug-likeness (QED) is 0.509. The van der Waals surface area contributed by atoms with E-state index in [0.29, 0.717) is 6.61 Å². The van der Waals surface area contributed by atoms with Gasteiger partial charge >= 0.3 is 0 Å². The Bertz CT molecular complexity index is 134. The summed E-state index contributed by atoms with van der Waals surface area (Å²) >= 11 is 0. The second kappa shape index (κ2) is 10.7. The number of carbonyl (C=O) groups is 1. The van der Waals surface area contributed by atoms with Crippen molar-refractivity contribution in [3.8, 4) is 0 Å². The van der Waals surface area contributed by atoms with E-state index in [1.54, 1.807) is 0 Å². The number of hydrogen-bond donors (Lipinski definition) is 0. The van der Waals surface area contributed by atoms with Gasteiger partial charge in [-0.2, -0.15) is 0 Å². The molecule has 0 atom stereocenters. The summed E-state index contributed by atoms with van der Waals surface area (Å²) in [5.41, 5.74) is 0. The SMILES string of the molecule is CCCCOCCCCOCC(C)=O. The summed E-state index contributed by atoms with van der Waals surface area (Å²) in [5, 5.41) is 0. The summed E-state index contributed by atoms with van der Waals surface area (Å²) in [6.45, 7) is 6.27. The highest BCUT2D eigenvalue weighted by molar-refractivity contribution is 5.76. The largest absolute Gasteiger partial charge is 0.381 e. The maximum atomic E-state index is 10.5. The first-order chi connectivity index (χ1) is 6.77. The average Bonchev–Trinajstić information content (AvgIpc) is 2.15. The Morgan fingerprint density at radius 3 is 2.14 bits per heavy atom. The Hall–Kier alpha value is -0.410. The van der Waals surface area contributed by atoms with E-state index in [0.717, 1.165) is 32.5 Å². The summed E-state index contributed by atoms with van der Waals surface area (Å²) in [7, 11) is 0. The second-order valence-electron chi connectivity index (χ2n) is 3.43. The molecule has 0 radical (unpaired) electrons. The molecule has 14 heavy (non-hydrogen) atoms. The Kier molecular flexibility index (Phi) is 10.4. The van der Waals surface area contributed by atoms with Gasteiger partial charge in [-0.05, 0) is 26.2 Å². The van der Waals surface area contributed by atoms with Crippen LogP contribution in [-0.2, 0) is 14.3 Å². The van der Waals surface area contributed by atoms with Crippen LogP contribution >= 0.6 is 0 Å². The number of carbonyl (C=O) groups excluding carboxylic acids is 1. The number of Topliss-reactive ketones (excluding diaryl/α,β-unsaturated/α-hetero) is 1. The van der Waals surface area contributed by atoms with E-state index in [4.69, 9.17) is 9.47 Å². The zero-order valence-electron chi connectivity index (χ0n) is 9.38. The van der Waals surface area contributed by atoms with E-state index in [2.05, 4.69) is 6.92 Å². The molecule has 0 spiro atoms. The number of hydrogen-bond acceptors (Lipinski definition) is 3. The number of ether oxygens (including phenoxy) is 2. The molecule has 0 rings (SSSR count). The van der Waals surface area contributed by atoms with Gasteiger partial charge in [0, 0.05) is 19.8 Å². The molecule has 0 aromatic heterocycles. The first kappa shape index (κ1) is 13.6. The smallest absolute Gasteiger partial charge is 0.155 e. The maximum absolute atomic E-state index is 10.5.